The molecule has 0 saturated carbocycles. The molecule has 1 atom stereocenters. The Hall–Kier alpha value is -1.30. The normalized spacial score (nSPS) is 12.8. The number of carboxylic acids is 1. The lowest BCUT2D eigenvalue weighted by Crippen LogP contribution is -2.45. The average molecular weight is 275 g/mol. The molecule has 6 nitrogen and oxygen atoms in total. The molecular formula is C13H27N2O4+. The fraction of sp³-hybridized carbons (Fsp3) is 0.846. The molecule has 0 fully saturated rings. The number of carbonyl (C=O) groups is 2. The van der Waals surface area contributed by atoms with Crippen molar-refractivity contribution >= 4 is 12.1 Å². The number of carbonyl (C=O) groups excluding carboxylic acids is 1. The van der Waals surface area contributed by atoms with Crippen LogP contribution in [0.15, 0.2) is 0 Å². The number of alkyl carbamates (subject to hydrolysis) is 1. The monoisotopic (exact) mass is 275 g/mol. The molecule has 0 rings (SSSR count). The molecule has 0 aliphatic rings. The number of carboxylic acid groups (broad SMARTS) is 1. The minimum Gasteiger partial charge on any atom is -0.481 e. The Bertz CT molecular complexity index is 287. The highest BCUT2D eigenvalue weighted by Gasteiger charge is 2.24. The lowest BCUT2D eigenvalue weighted by Gasteiger charge is -2.28. The van der Waals surface area contributed by atoms with Crippen LogP contribution in [-0.2, 0) is 9.53 Å². The van der Waals surface area contributed by atoms with Crippen LogP contribution >= 0.6 is 0 Å². The van der Waals surface area contributed by atoms with Gasteiger partial charge in [-0.3, -0.25) is 4.79 Å². The van der Waals surface area contributed by atoms with E-state index in [1.165, 1.54) is 0 Å². The summed E-state index contributed by atoms with van der Waals surface area (Å²) in [6.07, 6.45) is 1.74. The highest BCUT2D eigenvalue weighted by atomic mass is 16.6. The van der Waals surface area contributed by atoms with Crippen LogP contribution in [-0.4, -0.2) is 62.0 Å². The van der Waals surface area contributed by atoms with Crippen LogP contribution in [0, 0.1) is 0 Å². The van der Waals surface area contributed by atoms with Crippen LogP contribution in [0.5, 0.6) is 0 Å². The highest BCUT2D eigenvalue weighted by molar-refractivity contribution is 5.70. The Morgan fingerprint density at radius 1 is 1.26 bits per heavy atom. The number of nitrogens with zero attached hydrogens (tertiary/aromatic N) is 1. The van der Waals surface area contributed by atoms with E-state index in [4.69, 9.17) is 9.84 Å². The number of rotatable bonds is 9. The predicted octanol–water partition coefficient (Wildman–Crippen LogP) is 1.45. The van der Waals surface area contributed by atoms with Gasteiger partial charge in [0.1, 0.15) is 6.54 Å². The molecule has 0 aromatic rings. The van der Waals surface area contributed by atoms with E-state index in [9.17, 15) is 9.59 Å². The maximum atomic E-state index is 11.6. The molecule has 0 saturated heterocycles. The van der Waals surface area contributed by atoms with Gasteiger partial charge < -0.3 is 19.6 Å². The van der Waals surface area contributed by atoms with Crippen LogP contribution in [0.4, 0.5) is 4.79 Å². The van der Waals surface area contributed by atoms with Gasteiger partial charge >= 0.3 is 12.1 Å². The van der Waals surface area contributed by atoms with E-state index in [2.05, 4.69) is 12.2 Å². The molecule has 0 heterocycles. The molecule has 0 radical (unpaired) electrons. The first kappa shape index (κ1) is 17.7. The average Bonchev–Trinajstić information content (AvgIpc) is 2.20. The molecule has 6 heteroatoms. The Morgan fingerprint density at radius 3 is 2.37 bits per heavy atom. The van der Waals surface area contributed by atoms with Gasteiger partial charge in [0.15, 0.2) is 6.10 Å². The molecule has 2 N–H and O–H groups in total. The summed E-state index contributed by atoms with van der Waals surface area (Å²) in [7, 11) is 5.78. The SMILES string of the molecule is CCCCCNC(=O)O[C@H](CC(=O)O)C[N+](C)(C)C. The van der Waals surface area contributed by atoms with Crippen LogP contribution in [0.25, 0.3) is 0 Å². The van der Waals surface area contributed by atoms with Crippen LogP contribution in [0.3, 0.4) is 0 Å². The smallest absolute Gasteiger partial charge is 0.407 e. The number of aliphatic carboxylic acids is 1. The molecule has 112 valence electrons. The number of nitrogens with one attached hydrogen (secondary N) is 1. The van der Waals surface area contributed by atoms with E-state index < -0.39 is 18.2 Å². The number of ether oxygens (including phenoxy) is 1. The van der Waals surface area contributed by atoms with E-state index in [1.807, 2.05) is 21.1 Å². The second kappa shape index (κ2) is 8.74. The number of hydrogen-bond acceptors (Lipinski definition) is 3. The maximum Gasteiger partial charge on any atom is 0.407 e. The summed E-state index contributed by atoms with van der Waals surface area (Å²) in [4.78, 5) is 22.3. The molecule has 0 aliphatic carbocycles. The maximum absolute atomic E-state index is 11.6. The summed E-state index contributed by atoms with van der Waals surface area (Å²) in [5.74, 6) is -0.961. The number of amides is 1. The van der Waals surface area contributed by atoms with E-state index >= 15 is 0 Å². The first-order valence-electron chi connectivity index (χ1n) is 6.71. The minimum atomic E-state index is -0.961. The topological polar surface area (TPSA) is 75.6 Å². The Kier molecular flexibility index (Phi) is 8.14. The van der Waals surface area contributed by atoms with Crippen molar-refractivity contribution < 1.29 is 23.9 Å². The predicted molar refractivity (Wildman–Crippen MR) is 72.9 cm³/mol. The van der Waals surface area contributed by atoms with E-state index in [0.29, 0.717) is 17.6 Å². The standard InChI is InChI=1S/C13H26N2O4/c1-5-6-7-8-14-13(18)19-11(9-12(16)17)10-15(2,3)4/h11H,5-10H2,1-4H3,(H-,14,16,17,18)/p+1/t11-/m1/s1. The lowest BCUT2D eigenvalue weighted by atomic mass is 10.2. The Morgan fingerprint density at radius 2 is 1.89 bits per heavy atom. The van der Waals surface area contributed by atoms with Crippen LogP contribution in [0.1, 0.15) is 32.6 Å². The van der Waals surface area contributed by atoms with Crippen molar-refractivity contribution in [1.82, 2.24) is 5.32 Å². The highest BCUT2D eigenvalue weighted by Crippen LogP contribution is 2.05. The summed E-state index contributed by atoms with van der Waals surface area (Å²) < 4.78 is 5.71. The Labute approximate surface area is 115 Å². The first-order chi connectivity index (χ1) is 8.74. The second-order valence-corrected chi connectivity index (χ2v) is 5.73. The van der Waals surface area contributed by atoms with Gasteiger partial charge in [0.25, 0.3) is 0 Å². The van der Waals surface area contributed by atoms with E-state index in [1.54, 1.807) is 0 Å². The van der Waals surface area contributed by atoms with E-state index in [-0.39, 0.29) is 6.42 Å². The van der Waals surface area contributed by atoms with Gasteiger partial charge in [0.2, 0.25) is 0 Å². The number of likely N-dealkylation sites (N-methyl/N-ethyl adjacent to an activating group) is 1. The number of hydrogen-bond donors (Lipinski definition) is 2. The van der Waals surface area contributed by atoms with Crippen molar-refractivity contribution in [2.75, 3.05) is 34.2 Å². The van der Waals surface area contributed by atoms with Crippen molar-refractivity contribution in [3.63, 3.8) is 0 Å². The number of quaternary nitrogens is 1. The van der Waals surface area contributed by atoms with Crippen molar-refractivity contribution in [2.45, 2.75) is 38.7 Å². The summed E-state index contributed by atoms with van der Waals surface area (Å²) in [6, 6.07) is 0. The lowest BCUT2D eigenvalue weighted by molar-refractivity contribution is -0.873. The quantitative estimate of drug-likeness (QED) is 0.493. The van der Waals surface area contributed by atoms with Crippen molar-refractivity contribution in [1.29, 1.82) is 0 Å². The summed E-state index contributed by atoms with van der Waals surface area (Å²) in [5.41, 5.74) is 0. The molecule has 0 aromatic carbocycles. The minimum absolute atomic E-state index is 0.169. The van der Waals surface area contributed by atoms with Gasteiger partial charge in [-0.05, 0) is 6.42 Å². The fourth-order valence-electron chi connectivity index (χ4n) is 1.71. The van der Waals surface area contributed by atoms with Crippen molar-refractivity contribution in [3.8, 4) is 0 Å². The summed E-state index contributed by atoms with van der Waals surface area (Å²) in [5, 5.41) is 11.5. The van der Waals surface area contributed by atoms with Gasteiger partial charge in [-0.1, -0.05) is 19.8 Å². The molecule has 0 aromatic heterocycles. The zero-order valence-corrected chi connectivity index (χ0v) is 12.4. The summed E-state index contributed by atoms with van der Waals surface area (Å²) >= 11 is 0. The fourth-order valence-corrected chi connectivity index (χ4v) is 1.71. The molecular weight excluding hydrogens is 248 g/mol. The molecule has 0 bridgehead atoms. The Balaban J connectivity index is 4.15. The van der Waals surface area contributed by atoms with Gasteiger partial charge in [-0.15, -0.1) is 0 Å². The third kappa shape index (κ3) is 11.5. The van der Waals surface area contributed by atoms with Gasteiger partial charge in [0, 0.05) is 6.54 Å². The largest absolute Gasteiger partial charge is 0.481 e. The molecule has 0 aliphatic heterocycles. The van der Waals surface area contributed by atoms with Crippen molar-refractivity contribution in [3.05, 3.63) is 0 Å². The number of unbranched alkanes of at least 4 members (excludes halogenated alkanes) is 2. The van der Waals surface area contributed by atoms with Crippen LogP contribution in [0.2, 0.25) is 0 Å². The van der Waals surface area contributed by atoms with Crippen LogP contribution < -0.4 is 5.32 Å². The third-order valence-electron chi connectivity index (χ3n) is 2.48. The summed E-state index contributed by atoms with van der Waals surface area (Å²) in [6.45, 7) is 3.12. The second-order valence-electron chi connectivity index (χ2n) is 5.73. The van der Waals surface area contributed by atoms with Gasteiger partial charge in [-0.2, -0.15) is 0 Å². The zero-order valence-electron chi connectivity index (χ0n) is 12.4. The zero-order chi connectivity index (χ0) is 14.9. The van der Waals surface area contributed by atoms with Gasteiger partial charge in [0.05, 0.1) is 27.6 Å². The third-order valence-corrected chi connectivity index (χ3v) is 2.48. The molecule has 1 amide bonds. The molecule has 0 unspecified atom stereocenters. The van der Waals surface area contributed by atoms with Gasteiger partial charge in [-0.25, -0.2) is 4.79 Å². The molecule has 0 spiro atoms. The van der Waals surface area contributed by atoms with Crippen molar-refractivity contribution in [2.24, 2.45) is 0 Å². The molecule has 19 heavy (non-hydrogen) atoms. The van der Waals surface area contributed by atoms with E-state index in [0.717, 1.165) is 19.3 Å². The first-order valence-corrected chi connectivity index (χ1v) is 6.71.